The number of aliphatic hydroxyl groups is 1. The Labute approximate surface area is 142 Å². The molecule has 3 nitrogen and oxygen atoms in total. The summed E-state index contributed by atoms with van der Waals surface area (Å²) < 4.78 is 14.5. The number of carbonyl (C=O) groups is 1. The first-order valence-corrected chi connectivity index (χ1v) is 8.15. The lowest BCUT2D eigenvalue weighted by Crippen LogP contribution is -2.41. The van der Waals surface area contributed by atoms with E-state index in [0.717, 1.165) is 16.7 Å². The first-order chi connectivity index (χ1) is 11.3. The zero-order valence-electron chi connectivity index (χ0n) is 14.6. The monoisotopic (exact) mass is 329 g/mol. The van der Waals surface area contributed by atoms with Gasteiger partial charge in [0.15, 0.2) is 0 Å². The molecule has 0 aromatic heterocycles. The van der Waals surface area contributed by atoms with Crippen molar-refractivity contribution in [2.24, 2.45) is 0 Å². The zero-order valence-corrected chi connectivity index (χ0v) is 14.6. The highest BCUT2D eigenvalue weighted by atomic mass is 19.1. The second kappa shape index (κ2) is 7.58. The van der Waals surface area contributed by atoms with Crippen molar-refractivity contribution in [2.75, 3.05) is 6.54 Å². The number of nitrogens with zero attached hydrogens (tertiary/aromatic N) is 1. The molecular formula is C20H24FNO2. The molecule has 0 fully saturated rings. The molecule has 2 aromatic rings. The van der Waals surface area contributed by atoms with Gasteiger partial charge in [-0.15, -0.1) is 0 Å². The zero-order chi connectivity index (χ0) is 17.9. The van der Waals surface area contributed by atoms with Crippen molar-refractivity contribution < 1.29 is 14.3 Å². The highest BCUT2D eigenvalue weighted by Gasteiger charge is 2.23. The molecule has 2 rings (SSSR count). The Hall–Kier alpha value is -2.20. The number of hydrogen-bond acceptors (Lipinski definition) is 2. The number of aliphatic hydroxyl groups excluding tert-OH is 1. The Balaban J connectivity index is 2.31. The first kappa shape index (κ1) is 18.1. The average molecular weight is 329 g/mol. The summed E-state index contributed by atoms with van der Waals surface area (Å²) in [5.41, 5.74) is 2.80. The van der Waals surface area contributed by atoms with Crippen molar-refractivity contribution in [2.45, 2.75) is 39.8 Å². The third kappa shape index (κ3) is 4.20. The fourth-order valence-corrected chi connectivity index (χ4v) is 2.58. The molecule has 0 unspecified atom stereocenters. The Bertz CT molecular complexity index is 708. The van der Waals surface area contributed by atoms with Crippen LogP contribution in [-0.4, -0.2) is 34.6 Å². The topological polar surface area (TPSA) is 40.5 Å². The van der Waals surface area contributed by atoms with E-state index in [1.54, 1.807) is 13.0 Å². The van der Waals surface area contributed by atoms with Gasteiger partial charge in [0.2, 0.25) is 0 Å². The van der Waals surface area contributed by atoms with E-state index in [9.17, 15) is 14.3 Å². The Kier molecular flexibility index (Phi) is 5.73. The fourth-order valence-electron chi connectivity index (χ4n) is 2.58. The number of amides is 1. The van der Waals surface area contributed by atoms with Gasteiger partial charge in [0, 0.05) is 12.6 Å². The van der Waals surface area contributed by atoms with Crippen LogP contribution in [0, 0.1) is 12.7 Å². The Morgan fingerprint density at radius 1 is 1.08 bits per heavy atom. The minimum absolute atomic E-state index is 0.0280. The molecule has 1 amide bonds. The largest absolute Gasteiger partial charge is 0.392 e. The van der Waals surface area contributed by atoms with Crippen molar-refractivity contribution in [3.63, 3.8) is 0 Å². The Morgan fingerprint density at radius 3 is 2.17 bits per heavy atom. The molecule has 1 atom stereocenters. The van der Waals surface area contributed by atoms with Gasteiger partial charge in [-0.25, -0.2) is 4.39 Å². The highest BCUT2D eigenvalue weighted by molar-refractivity contribution is 5.95. The second-order valence-electron chi connectivity index (χ2n) is 6.46. The Morgan fingerprint density at radius 2 is 1.67 bits per heavy atom. The van der Waals surface area contributed by atoms with Gasteiger partial charge < -0.3 is 10.0 Å². The molecule has 128 valence electrons. The van der Waals surface area contributed by atoms with E-state index in [0.29, 0.717) is 0 Å². The van der Waals surface area contributed by atoms with Crippen LogP contribution in [0.25, 0.3) is 11.1 Å². The lowest BCUT2D eigenvalue weighted by molar-refractivity contribution is 0.0574. The molecule has 24 heavy (non-hydrogen) atoms. The van der Waals surface area contributed by atoms with E-state index in [-0.39, 0.29) is 18.2 Å². The highest BCUT2D eigenvalue weighted by Crippen LogP contribution is 2.23. The van der Waals surface area contributed by atoms with Crippen molar-refractivity contribution in [3.05, 3.63) is 59.4 Å². The molecule has 0 bridgehead atoms. The molecule has 0 spiro atoms. The number of hydrogen-bond donors (Lipinski definition) is 1. The molecule has 0 radical (unpaired) electrons. The van der Waals surface area contributed by atoms with Gasteiger partial charge >= 0.3 is 0 Å². The van der Waals surface area contributed by atoms with Crippen LogP contribution < -0.4 is 0 Å². The van der Waals surface area contributed by atoms with Gasteiger partial charge in [0.1, 0.15) is 5.82 Å². The van der Waals surface area contributed by atoms with E-state index < -0.39 is 17.8 Å². The van der Waals surface area contributed by atoms with Crippen LogP contribution in [0.2, 0.25) is 0 Å². The van der Waals surface area contributed by atoms with E-state index in [4.69, 9.17) is 0 Å². The minimum atomic E-state index is -0.661. The number of benzene rings is 2. The molecule has 0 aliphatic rings. The van der Waals surface area contributed by atoms with E-state index in [1.807, 2.05) is 45.0 Å². The predicted molar refractivity (Wildman–Crippen MR) is 94.4 cm³/mol. The summed E-state index contributed by atoms with van der Waals surface area (Å²) >= 11 is 0. The third-order valence-electron chi connectivity index (χ3n) is 3.93. The summed E-state index contributed by atoms with van der Waals surface area (Å²) in [6, 6.07) is 12.3. The first-order valence-electron chi connectivity index (χ1n) is 8.15. The number of aryl methyl sites for hydroxylation is 1. The van der Waals surface area contributed by atoms with E-state index in [2.05, 4.69) is 0 Å². The average Bonchev–Trinajstić information content (AvgIpc) is 2.52. The van der Waals surface area contributed by atoms with Crippen molar-refractivity contribution in [1.29, 1.82) is 0 Å². The van der Waals surface area contributed by atoms with E-state index in [1.165, 1.54) is 17.0 Å². The number of rotatable bonds is 5. The van der Waals surface area contributed by atoms with Crippen LogP contribution in [-0.2, 0) is 0 Å². The normalized spacial score (nSPS) is 12.3. The predicted octanol–water partition coefficient (Wildman–Crippen LogP) is 4.03. The molecule has 0 aliphatic heterocycles. The van der Waals surface area contributed by atoms with Crippen molar-refractivity contribution in [3.8, 4) is 11.1 Å². The third-order valence-corrected chi connectivity index (χ3v) is 3.93. The summed E-state index contributed by atoms with van der Waals surface area (Å²) in [5, 5.41) is 9.56. The quantitative estimate of drug-likeness (QED) is 0.899. The summed E-state index contributed by atoms with van der Waals surface area (Å²) in [4.78, 5) is 14.1. The molecular weight excluding hydrogens is 305 g/mol. The number of halogens is 1. The molecule has 0 saturated carbocycles. The van der Waals surface area contributed by atoms with Gasteiger partial charge in [-0.3, -0.25) is 4.79 Å². The lowest BCUT2D eigenvalue weighted by atomic mass is 10.0. The van der Waals surface area contributed by atoms with Crippen LogP contribution >= 0.6 is 0 Å². The summed E-state index contributed by atoms with van der Waals surface area (Å²) in [5.74, 6) is -0.951. The summed E-state index contributed by atoms with van der Waals surface area (Å²) in [6.07, 6.45) is -0.661. The SMILES string of the molecule is Cc1ccc(-c2ccc(C(=O)N(C[C@H](C)O)C(C)C)c(F)c2)cc1. The van der Waals surface area contributed by atoms with Crippen LogP contribution in [0.15, 0.2) is 42.5 Å². The van der Waals surface area contributed by atoms with Crippen molar-refractivity contribution in [1.82, 2.24) is 4.90 Å². The maximum absolute atomic E-state index is 14.5. The smallest absolute Gasteiger partial charge is 0.257 e. The van der Waals surface area contributed by atoms with Crippen LogP contribution in [0.1, 0.15) is 36.7 Å². The second-order valence-corrected chi connectivity index (χ2v) is 6.46. The van der Waals surface area contributed by atoms with Crippen LogP contribution in [0.5, 0.6) is 0 Å². The van der Waals surface area contributed by atoms with Gasteiger partial charge in [0.25, 0.3) is 5.91 Å². The molecule has 0 heterocycles. The van der Waals surface area contributed by atoms with Crippen molar-refractivity contribution >= 4 is 5.91 Å². The van der Waals surface area contributed by atoms with Crippen LogP contribution in [0.4, 0.5) is 4.39 Å². The molecule has 0 aliphatic carbocycles. The molecule has 4 heteroatoms. The maximum Gasteiger partial charge on any atom is 0.257 e. The minimum Gasteiger partial charge on any atom is -0.392 e. The van der Waals surface area contributed by atoms with Gasteiger partial charge in [0.05, 0.1) is 11.7 Å². The molecule has 1 N–H and O–H groups in total. The maximum atomic E-state index is 14.5. The molecule has 2 aromatic carbocycles. The fraction of sp³-hybridized carbons (Fsp3) is 0.350. The van der Waals surface area contributed by atoms with Gasteiger partial charge in [-0.2, -0.15) is 0 Å². The van der Waals surface area contributed by atoms with E-state index >= 15 is 0 Å². The molecule has 0 saturated heterocycles. The van der Waals surface area contributed by atoms with Crippen LogP contribution in [0.3, 0.4) is 0 Å². The van der Waals surface area contributed by atoms with Gasteiger partial charge in [-0.05, 0) is 51.0 Å². The summed E-state index contributed by atoms with van der Waals surface area (Å²) in [7, 11) is 0. The standard InChI is InChI=1S/C20H24FNO2/c1-13(2)22(12-15(4)23)20(24)18-10-9-17(11-19(18)21)16-7-5-14(3)6-8-16/h5-11,13,15,23H,12H2,1-4H3/t15-/m0/s1. The number of carbonyl (C=O) groups excluding carboxylic acids is 1. The summed E-state index contributed by atoms with van der Waals surface area (Å²) in [6.45, 7) is 7.47. The lowest BCUT2D eigenvalue weighted by Gasteiger charge is -2.28. The van der Waals surface area contributed by atoms with Gasteiger partial charge in [-0.1, -0.05) is 35.9 Å².